The van der Waals surface area contributed by atoms with Crippen LogP contribution < -0.4 is 5.32 Å². The molecule has 188 valence electrons. The largest absolute Gasteiger partial charge is 0.394 e. The van der Waals surface area contributed by atoms with E-state index in [1.807, 2.05) is 13.0 Å². The summed E-state index contributed by atoms with van der Waals surface area (Å²) in [5.41, 5.74) is 0. The fourth-order valence-electron chi connectivity index (χ4n) is 3.51. The summed E-state index contributed by atoms with van der Waals surface area (Å²) in [6.07, 6.45) is 3.80. The maximum Gasteiger partial charge on any atom is 0.220 e. The van der Waals surface area contributed by atoms with Crippen molar-refractivity contribution in [3.05, 3.63) is 12.2 Å². The molecular formula is C23H43NO8. The van der Waals surface area contributed by atoms with E-state index in [1.165, 1.54) is 12.8 Å². The van der Waals surface area contributed by atoms with E-state index in [-0.39, 0.29) is 12.5 Å². The molecule has 0 aromatic heterocycles. The Morgan fingerprint density at radius 1 is 1.03 bits per heavy atom. The van der Waals surface area contributed by atoms with Crippen molar-refractivity contribution in [1.82, 2.24) is 5.32 Å². The van der Waals surface area contributed by atoms with Gasteiger partial charge in [-0.25, -0.2) is 0 Å². The van der Waals surface area contributed by atoms with Gasteiger partial charge in [-0.15, -0.1) is 0 Å². The van der Waals surface area contributed by atoms with Crippen LogP contribution >= 0.6 is 0 Å². The Morgan fingerprint density at radius 2 is 1.72 bits per heavy atom. The number of amides is 1. The molecule has 0 saturated carbocycles. The van der Waals surface area contributed by atoms with Gasteiger partial charge in [-0.2, -0.15) is 0 Å². The molecule has 9 heteroatoms. The van der Waals surface area contributed by atoms with Crippen LogP contribution in [0.4, 0.5) is 0 Å². The SMILES string of the molecule is CCC/C=C/C(O)C(COC1OC(CO)C(O)C(O)C1O)NC(=O)CCCCCCCC. The Kier molecular flexibility index (Phi) is 15.0. The number of ether oxygens (including phenoxy) is 2. The number of aliphatic hydroxyl groups is 5. The average Bonchev–Trinajstić information content (AvgIpc) is 2.78. The molecule has 1 saturated heterocycles. The van der Waals surface area contributed by atoms with Crippen molar-refractivity contribution >= 4 is 5.91 Å². The Morgan fingerprint density at radius 3 is 2.38 bits per heavy atom. The van der Waals surface area contributed by atoms with E-state index in [1.54, 1.807) is 6.08 Å². The average molecular weight is 462 g/mol. The first-order chi connectivity index (χ1) is 15.3. The second kappa shape index (κ2) is 16.5. The lowest BCUT2D eigenvalue weighted by Gasteiger charge is -2.40. The van der Waals surface area contributed by atoms with Crippen molar-refractivity contribution in [2.45, 2.75) is 114 Å². The maximum atomic E-state index is 12.4. The summed E-state index contributed by atoms with van der Waals surface area (Å²) in [7, 11) is 0. The van der Waals surface area contributed by atoms with Crippen LogP contribution in [0.2, 0.25) is 0 Å². The Hall–Kier alpha value is -1.07. The Balaban J connectivity index is 2.64. The molecule has 1 aliphatic rings. The monoisotopic (exact) mass is 461 g/mol. The van der Waals surface area contributed by atoms with Gasteiger partial charge >= 0.3 is 0 Å². The highest BCUT2D eigenvalue weighted by atomic mass is 16.7. The summed E-state index contributed by atoms with van der Waals surface area (Å²) >= 11 is 0. The fourth-order valence-corrected chi connectivity index (χ4v) is 3.51. The van der Waals surface area contributed by atoms with E-state index in [4.69, 9.17) is 9.47 Å². The number of allylic oxidation sites excluding steroid dienone is 1. The Labute approximate surface area is 191 Å². The van der Waals surface area contributed by atoms with E-state index in [2.05, 4.69) is 12.2 Å². The lowest BCUT2D eigenvalue weighted by Crippen LogP contribution is -2.60. The zero-order valence-electron chi connectivity index (χ0n) is 19.4. The first-order valence-electron chi connectivity index (χ1n) is 11.9. The molecule has 0 aromatic rings. The number of nitrogens with one attached hydrogen (secondary N) is 1. The summed E-state index contributed by atoms with van der Waals surface area (Å²) in [5.74, 6) is -0.203. The lowest BCUT2D eigenvalue weighted by atomic mass is 9.99. The van der Waals surface area contributed by atoms with E-state index in [9.17, 15) is 30.3 Å². The molecule has 7 atom stereocenters. The molecule has 32 heavy (non-hydrogen) atoms. The summed E-state index contributed by atoms with van der Waals surface area (Å²) in [4.78, 5) is 12.4. The molecule has 0 aromatic carbocycles. The molecular weight excluding hydrogens is 418 g/mol. The van der Waals surface area contributed by atoms with Gasteiger partial charge in [-0.3, -0.25) is 4.79 Å². The normalized spacial score (nSPS) is 28.0. The van der Waals surface area contributed by atoms with Crippen molar-refractivity contribution in [1.29, 1.82) is 0 Å². The van der Waals surface area contributed by atoms with Gasteiger partial charge in [-0.05, 0) is 12.8 Å². The number of rotatable bonds is 16. The van der Waals surface area contributed by atoms with Crippen LogP contribution in [-0.2, 0) is 14.3 Å². The van der Waals surface area contributed by atoms with Gasteiger partial charge in [0.25, 0.3) is 0 Å². The minimum atomic E-state index is -1.55. The van der Waals surface area contributed by atoms with Crippen LogP contribution in [0.5, 0.6) is 0 Å². The third kappa shape index (κ3) is 10.2. The van der Waals surface area contributed by atoms with Crippen LogP contribution in [0.1, 0.15) is 71.6 Å². The molecule has 0 aliphatic carbocycles. The van der Waals surface area contributed by atoms with Crippen LogP contribution in [0.3, 0.4) is 0 Å². The lowest BCUT2D eigenvalue weighted by molar-refractivity contribution is -0.302. The first-order valence-corrected chi connectivity index (χ1v) is 11.9. The molecule has 1 aliphatic heterocycles. The minimum absolute atomic E-state index is 0.192. The number of hydrogen-bond acceptors (Lipinski definition) is 8. The van der Waals surface area contributed by atoms with Crippen molar-refractivity contribution < 1.29 is 39.8 Å². The molecule has 9 nitrogen and oxygen atoms in total. The number of carbonyl (C=O) groups is 1. The van der Waals surface area contributed by atoms with Gasteiger partial charge in [0.15, 0.2) is 6.29 Å². The maximum absolute atomic E-state index is 12.4. The van der Waals surface area contributed by atoms with Gasteiger partial charge in [0.1, 0.15) is 24.4 Å². The van der Waals surface area contributed by atoms with Gasteiger partial charge in [0.05, 0.1) is 25.4 Å². The van der Waals surface area contributed by atoms with Gasteiger partial charge in [-0.1, -0.05) is 64.5 Å². The summed E-state index contributed by atoms with van der Waals surface area (Å²) < 4.78 is 10.9. The highest BCUT2D eigenvalue weighted by Gasteiger charge is 2.44. The zero-order valence-corrected chi connectivity index (χ0v) is 19.4. The van der Waals surface area contributed by atoms with E-state index in [0.29, 0.717) is 6.42 Å². The molecule has 0 bridgehead atoms. The van der Waals surface area contributed by atoms with Crippen LogP contribution in [0, 0.1) is 0 Å². The fraction of sp³-hybridized carbons (Fsp3) is 0.870. The standard InChI is InChI=1S/C23H43NO8/c1-3-5-7-8-9-11-13-19(27)24-16(17(26)12-10-6-4-2)15-31-23-22(30)21(29)20(28)18(14-25)32-23/h10,12,16-18,20-23,25-26,28-30H,3-9,11,13-15H2,1-2H3,(H,24,27)/b12-10+. The topological polar surface area (TPSA) is 149 Å². The van der Waals surface area contributed by atoms with Crippen molar-refractivity contribution in [2.75, 3.05) is 13.2 Å². The Bertz CT molecular complexity index is 530. The molecule has 0 radical (unpaired) electrons. The number of aliphatic hydroxyl groups excluding tert-OH is 5. The molecule has 1 amide bonds. The minimum Gasteiger partial charge on any atom is -0.394 e. The van der Waals surface area contributed by atoms with E-state index < -0.39 is 49.5 Å². The molecule has 0 spiro atoms. The predicted octanol–water partition coefficient (Wildman–Crippen LogP) is 0.755. The molecule has 6 N–H and O–H groups in total. The van der Waals surface area contributed by atoms with Crippen LogP contribution in [0.25, 0.3) is 0 Å². The van der Waals surface area contributed by atoms with Gasteiger partial charge in [0, 0.05) is 6.42 Å². The quantitative estimate of drug-likeness (QED) is 0.146. The van der Waals surface area contributed by atoms with Crippen LogP contribution in [0.15, 0.2) is 12.2 Å². The summed E-state index contributed by atoms with van der Waals surface area (Å²) in [5, 5.41) is 52.5. The highest BCUT2D eigenvalue weighted by molar-refractivity contribution is 5.76. The second-order valence-electron chi connectivity index (χ2n) is 8.43. The van der Waals surface area contributed by atoms with Gasteiger partial charge < -0.3 is 40.3 Å². The summed E-state index contributed by atoms with van der Waals surface area (Å²) in [6, 6.07) is -0.789. The third-order valence-electron chi connectivity index (χ3n) is 5.59. The van der Waals surface area contributed by atoms with E-state index >= 15 is 0 Å². The first kappa shape index (κ1) is 29.0. The number of unbranched alkanes of at least 4 members (excludes halogenated alkanes) is 6. The smallest absolute Gasteiger partial charge is 0.220 e. The second-order valence-corrected chi connectivity index (χ2v) is 8.43. The number of carbonyl (C=O) groups excluding carboxylic acids is 1. The zero-order chi connectivity index (χ0) is 23.9. The molecule has 1 fully saturated rings. The third-order valence-corrected chi connectivity index (χ3v) is 5.59. The predicted molar refractivity (Wildman–Crippen MR) is 120 cm³/mol. The van der Waals surface area contributed by atoms with Crippen molar-refractivity contribution in [2.24, 2.45) is 0 Å². The molecule has 1 heterocycles. The highest BCUT2D eigenvalue weighted by Crippen LogP contribution is 2.22. The van der Waals surface area contributed by atoms with Crippen molar-refractivity contribution in [3.8, 4) is 0 Å². The van der Waals surface area contributed by atoms with Crippen LogP contribution in [-0.4, -0.2) is 87.5 Å². The van der Waals surface area contributed by atoms with Crippen molar-refractivity contribution in [3.63, 3.8) is 0 Å². The van der Waals surface area contributed by atoms with E-state index in [0.717, 1.165) is 38.5 Å². The molecule has 7 unspecified atom stereocenters. The summed E-state index contributed by atoms with van der Waals surface area (Å²) in [6.45, 7) is 3.41. The number of hydrogen-bond donors (Lipinski definition) is 6. The molecule has 1 rings (SSSR count). The van der Waals surface area contributed by atoms with Gasteiger partial charge in [0.2, 0.25) is 5.91 Å².